The highest BCUT2D eigenvalue weighted by molar-refractivity contribution is 7.87. The van der Waals surface area contributed by atoms with E-state index in [-0.39, 0.29) is 39.5 Å². The van der Waals surface area contributed by atoms with Gasteiger partial charge in [-0.05, 0) is 75.9 Å². The van der Waals surface area contributed by atoms with Gasteiger partial charge in [-0.2, -0.15) is 13.5 Å². The fraction of sp³-hybridized carbons (Fsp3) is 0.333. The third kappa shape index (κ3) is 8.37. The standard InChI is InChI=1S/C30H35N3O7S/c1-29(2,3)25-17-21(18-26(28(25)35)30(4,5)6)9-16-27(34)32-31-19-20-7-12-23(13-8-20)40-41(38,39)24-14-10-22(11-15-24)33(36)37/h7-8,10-15,17-19,35H,9,16H2,1-6H3,(H,32,34)/b31-19-. The molecule has 0 bridgehead atoms. The zero-order valence-corrected chi connectivity index (χ0v) is 24.8. The van der Waals surface area contributed by atoms with Crippen LogP contribution < -0.4 is 9.61 Å². The molecule has 2 N–H and O–H groups in total. The van der Waals surface area contributed by atoms with Gasteiger partial charge in [-0.25, -0.2) is 5.43 Å². The average molecular weight is 582 g/mol. The van der Waals surface area contributed by atoms with Crippen LogP contribution in [0.5, 0.6) is 11.5 Å². The quantitative estimate of drug-likeness (QED) is 0.142. The molecule has 41 heavy (non-hydrogen) atoms. The number of nitrogens with one attached hydrogen (secondary N) is 1. The molecule has 218 valence electrons. The molecule has 10 nitrogen and oxygen atoms in total. The third-order valence-electron chi connectivity index (χ3n) is 6.25. The van der Waals surface area contributed by atoms with Crippen molar-refractivity contribution in [2.24, 2.45) is 5.10 Å². The first-order valence-corrected chi connectivity index (χ1v) is 14.4. The average Bonchev–Trinajstić information content (AvgIpc) is 2.87. The van der Waals surface area contributed by atoms with Crippen LogP contribution in [0.3, 0.4) is 0 Å². The first-order chi connectivity index (χ1) is 19.0. The maximum atomic E-state index is 12.5. The van der Waals surface area contributed by atoms with Gasteiger partial charge in [0.1, 0.15) is 16.4 Å². The Bertz CT molecular complexity index is 1510. The van der Waals surface area contributed by atoms with Gasteiger partial charge >= 0.3 is 10.1 Å². The topological polar surface area (TPSA) is 148 Å². The fourth-order valence-corrected chi connectivity index (χ4v) is 4.92. The molecule has 0 saturated heterocycles. The van der Waals surface area contributed by atoms with E-state index in [4.69, 9.17) is 4.18 Å². The zero-order chi connectivity index (χ0) is 30.6. The van der Waals surface area contributed by atoms with Gasteiger partial charge in [0.2, 0.25) is 5.91 Å². The molecular weight excluding hydrogens is 546 g/mol. The van der Waals surface area contributed by atoms with E-state index < -0.39 is 15.0 Å². The predicted molar refractivity (Wildman–Crippen MR) is 157 cm³/mol. The highest BCUT2D eigenvalue weighted by Gasteiger charge is 2.26. The van der Waals surface area contributed by atoms with E-state index in [9.17, 15) is 28.4 Å². The summed E-state index contributed by atoms with van der Waals surface area (Å²) in [5.41, 5.74) is 4.96. The highest BCUT2D eigenvalue weighted by atomic mass is 32.2. The molecule has 0 radical (unpaired) electrons. The van der Waals surface area contributed by atoms with E-state index in [0.717, 1.165) is 41.0 Å². The molecule has 3 rings (SSSR count). The normalized spacial score (nSPS) is 12.3. The SMILES string of the molecule is CC(C)(C)c1cc(CCC(=O)N/N=C\c2ccc(OS(=O)(=O)c3ccc([N+](=O)[O-])cc3)cc2)cc(C(C)(C)C)c1O. The summed E-state index contributed by atoms with van der Waals surface area (Å²) in [4.78, 5) is 22.4. The van der Waals surface area contributed by atoms with E-state index in [2.05, 4.69) is 10.5 Å². The molecule has 1 amide bonds. The summed E-state index contributed by atoms with van der Waals surface area (Å²) >= 11 is 0. The van der Waals surface area contributed by atoms with Crippen LogP contribution in [0.1, 0.15) is 70.2 Å². The van der Waals surface area contributed by atoms with Gasteiger partial charge in [0.25, 0.3) is 5.69 Å². The van der Waals surface area contributed by atoms with Gasteiger partial charge in [-0.15, -0.1) is 0 Å². The number of phenols is 1. The van der Waals surface area contributed by atoms with Gasteiger partial charge < -0.3 is 9.29 Å². The van der Waals surface area contributed by atoms with Crippen molar-refractivity contribution in [1.82, 2.24) is 5.43 Å². The van der Waals surface area contributed by atoms with Crippen molar-refractivity contribution in [2.75, 3.05) is 0 Å². The molecule has 0 unspecified atom stereocenters. The van der Waals surface area contributed by atoms with E-state index in [0.29, 0.717) is 17.7 Å². The monoisotopic (exact) mass is 581 g/mol. The molecule has 0 saturated carbocycles. The van der Waals surface area contributed by atoms with Crippen molar-refractivity contribution in [3.63, 3.8) is 0 Å². The Balaban J connectivity index is 1.59. The molecule has 11 heteroatoms. The number of nitrogens with zero attached hydrogens (tertiary/aromatic N) is 2. The second-order valence-corrected chi connectivity index (χ2v) is 13.2. The first-order valence-electron chi connectivity index (χ1n) is 12.9. The molecule has 0 aliphatic heterocycles. The maximum absolute atomic E-state index is 12.5. The van der Waals surface area contributed by atoms with Gasteiger partial charge in [-0.3, -0.25) is 14.9 Å². The molecular formula is C30H35N3O7S. The number of nitro benzene ring substituents is 1. The van der Waals surface area contributed by atoms with E-state index in [1.54, 1.807) is 12.1 Å². The molecule has 0 spiro atoms. The number of benzene rings is 3. The number of hydrazone groups is 1. The van der Waals surface area contributed by atoms with Crippen molar-refractivity contribution in [1.29, 1.82) is 0 Å². The van der Waals surface area contributed by atoms with Crippen LogP contribution >= 0.6 is 0 Å². The van der Waals surface area contributed by atoms with E-state index in [1.165, 1.54) is 18.3 Å². The number of carbonyl (C=O) groups excluding carboxylic acids is 1. The number of carbonyl (C=O) groups is 1. The number of phenolic OH excluding ortho intramolecular Hbond substituents is 1. The van der Waals surface area contributed by atoms with Crippen molar-refractivity contribution in [3.05, 3.63) is 93.0 Å². The van der Waals surface area contributed by atoms with Gasteiger partial charge in [0, 0.05) is 18.6 Å². The fourth-order valence-electron chi connectivity index (χ4n) is 3.99. The molecule has 0 fully saturated rings. The Morgan fingerprint density at radius 2 is 1.51 bits per heavy atom. The summed E-state index contributed by atoms with van der Waals surface area (Å²) in [6, 6.07) is 14.3. The van der Waals surface area contributed by atoms with Crippen LogP contribution in [0.4, 0.5) is 5.69 Å². The summed E-state index contributed by atoms with van der Waals surface area (Å²) in [7, 11) is -4.18. The molecule has 3 aromatic carbocycles. The van der Waals surface area contributed by atoms with Crippen molar-refractivity contribution in [3.8, 4) is 11.5 Å². The number of hydrogen-bond acceptors (Lipinski definition) is 8. The second-order valence-electron chi connectivity index (χ2n) is 11.7. The van der Waals surface area contributed by atoms with Crippen LogP contribution in [0, 0.1) is 10.1 Å². The second kappa shape index (κ2) is 12.1. The zero-order valence-electron chi connectivity index (χ0n) is 24.0. The number of hydrogen-bond donors (Lipinski definition) is 2. The van der Waals surface area contributed by atoms with Crippen molar-refractivity contribution in [2.45, 2.75) is 70.1 Å². The lowest BCUT2D eigenvalue weighted by molar-refractivity contribution is -0.384. The summed E-state index contributed by atoms with van der Waals surface area (Å²) < 4.78 is 30.0. The predicted octanol–water partition coefficient (Wildman–Crippen LogP) is 5.75. The van der Waals surface area contributed by atoms with Crippen LogP contribution in [0.15, 0.2) is 70.7 Å². The Kier molecular flexibility index (Phi) is 9.23. The van der Waals surface area contributed by atoms with Crippen molar-refractivity contribution < 1.29 is 27.4 Å². The minimum atomic E-state index is -4.18. The minimum Gasteiger partial charge on any atom is -0.507 e. The maximum Gasteiger partial charge on any atom is 0.339 e. The number of nitro groups is 1. The summed E-state index contributed by atoms with van der Waals surface area (Å²) in [5, 5.41) is 25.6. The van der Waals surface area contributed by atoms with Gasteiger partial charge in [-0.1, -0.05) is 53.7 Å². The van der Waals surface area contributed by atoms with E-state index >= 15 is 0 Å². The summed E-state index contributed by atoms with van der Waals surface area (Å²) in [6.45, 7) is 12.2. The number of rotatable bonds is 9. The lowest BCUT2D eigenvalue weighted by Gasteiger charge is -2.28. The van der Waals surface area contributed by atoms with Gasteiger partial charge in [0.15, 0.2) is 0 Å². The van der Waals surface area contributed by atoms with Crippen LogP contribution in [-0.2, 0) is 32.2 Å². The highest BCUT2D eigenvalue weighted by Crippen LogP contribution is 2.40. The minimum absolute atomic E-state index is 0.0442. The van der Waals surface area contributed by atoms with Crippen LogP contribution in [0.2, 0.25) is 0 Å². The smallest absolute Gasteiger partial charge is 0.339 e. The van der Waals surface area contributed by atoms with Crippen molar-refractivity contribution >= 4 is 27.9 Å². The molecule has 0 aliphatic carbocycles. The molecule has 3 aromatic rings. The van der Waals surface area contributed by atoms with Gasteiger partial charge in [0.05, 0.1) is 11.1 Å². The number of aryl methyl sites for hydroxylation is 1. The lowest BCUT2D eigenvalue weighted by atomic mass is 9.78. The Morgan fingerprint density at radius 1 is 0.976 bits per heavy atom. The Morgan fingerprint density at radius 3 is 2.00 bits per heavy atom. The Labute approximate surface area is 240 Å². The largest absolute Gasteiger partial charge is 0.507 e. The summed E-state index contributed by atoms with van der Waals surface area (Å²) in [6.07, 6.45) is 2.09. The number of non-ortho nitro benzene ring substituents is 1. The van der Waals surface area contributed by atoms with Crippen LogP contribution in [0.25, 0.3) is 0 Å². The molecule has 0 atom stereocenters. The molecule has 0 aliphatic rings. The van der Waals surface area contributed by atoms with E-state index in [1.807, 2.05) is 53.7 Å². The third-order valence-corrected chi connectivity index (χ3v) is 7.51. The van der Waals surface area contributed by atoms with Crippen LogP contribution in [-0.4, -0.2) is 30.6 Å². The number of amides is 1. The molecule has 0 aromatic heterocycles. The molecule has 0 heterocycles. The number of aromatic hydroxyl groups is 1. The lowest BCUT2D eigenvalue weighted by Crippen LogP contribution is -2.20. The summed E-state index contributed by atoms with van der Waals surface area (Å²) in [5.74, 6) is 0.0592. The first kappa shape index (κ1) is 31.3. The Hall–Kier alpha value is -4.25.